The second kappa shape index (κ2) is 7.53. The molecule has 0 amide bonds. The lowest BCUT2D eigenvalue weighted by Crippen LogP contribution is -2.31. The molecule has 0 unspecified atom stereocenters. The number of halogens is 1. The van der Waals surface area contributed by atoms with Crippen molar-refractivity contribution in [3.63, 3.8) is 0 Å². The molecule has 0 aliphatic heterocycles. The number of para-hydroxylation sites is 1. The van der Waals surface area contributed by atoms with Crippen LogP contribution in [-0.2, 0) is 0 Å². The maximum Gasteiger partial charge on any atom is 0.137 e. The van der Waals surface area contributed by atoms with E-state index in [0.29, 0.717) is 17.7 Å². The lowest BCUT2D eigenvalue weighted by Gasteiger charge is -2.15. The maximum absolute atomic E-state index is 5.97. The molecule has 0 aliphatic rings. The molecule has 2 nitrogen and oxygen atoms in total. The van der Waals surface area contributed by atoms with Crippen LogP contribution in [-0.4, -0.2) is 19.2 Å². The molecule has 0 heterocycles. The zero-order chi connectivity index (χ0) is 11.8. The fourth-order valence-electron chi connectivity index (χ4n) is 1.56. The van der Waals surface area contributed by atoms with Gasteiger partial charge in [0, 0.05) is 12.6 Å². The predicted octanol–water partition coefficient (Wildman–Crippen LogP) is 3.50. The molecule has 16 heavy (non-hydrogen) atoms. The minimum atomic E-state index is 0.592. The van der Waals surface area contributed by atoms with E-state index in [4.69, 9.17) is 16.3 Å². The standard InChI is InChI=1S/C13H20ClNO/c1-3-11(4-2)15-9-10-16-13-8-6-5-7-12(13)14/h5-8,11,15H,3-4,9-10H2,1-2H3. The fraction of sp³-hybridized carbons (Fsp3) is 0.538. The smallest absolute Gasteiger partial charge is 0.137 e. The summed E-state index contributed by atoms with van der Waals surface area (Å²) < 4.78 is 5.58. The zero-order valence-corrected chi connectivity index (χ0v) is 10.8. The predicted molar refractivity (Wildman–Crippen MR) is 69.3 cm³/mol. The van der Waals surface area contributed by atoms with E-state index in [0.717, 1.165) is 25.1 Å². The lowest BCUT2D eigenvalue weighted by molar-refractivity contribution is 0.302. The summed E-state index contributed by atoms with van der Waals surface area (Å²) in [6.45, 7) is 5.89. The van der Waals surface area contributed by atoms with Crippen molar-refractivity contribution in [2.45, 2.75) is 32.7 Å². The van der Waals surface area contributed by atoms with Gasteiger partial charge in [0.25, 0.3) is 0 Å². The van der Waals surface area contributed by atoms with Gasteiger partial charge in [0.15, 0.2) is 0 Å². The molecule has 0 saturated heterocycles. The van der Waals surface area contributed by atoms with Crippen LogP contribution >= 0.6 is 11.6 Å². The molecule has 1 aromatic carbocycles. The minimum Gasteiger partial charge on any atom is -0.491 e. The van der Waals surface area contributed by atoms with Gasteiger partial charge in [0.2, 0.25) is 0 Å². The third-order valence-corrected chi connectivity index (χ3v) is 2.93. The summed E-state index contributed by atoms with van der Waals surface area (Å²) in [7, 11) is 0. The molecule has 1 aromatic rings. The largest absolute Gasteiger partial charge is 0.491 e. The Bertz CT molecular complexity index is 300. The molecule has 0 bridgehead atoms. The van der Waals surface area contributed by atoms with E-state index in [-0.39, 0.29) is 0 Å². The van der Waals surface area contributed by atoms with Gasteiger partial charge in [-0.05, 0) is 25.0 Å². The molecule has 0 aromatic heterocycles. The van der Waals surface area contributed by atoms with Crippen LogP contribution in [0.2, 0.25) is 5.02 Å². The molecule has 0 spiro atoms. The molecule has 3 heteroatoms. The highest BCUT2D eigenvalue weighted by Gasteiger charge is 2.02. The van der Waals surface area contributed by atoms with Gasteiger partial charge in [-0.25, -0.2) is 0 Å². The molecule has 90 valence electrons. The fourth-order valence-corrected chi connectivity index (χ4v) is 1.75. The van der Waals surface area contributed by atoms with Crippen molar-refractivity contribution < 1.29 is 4.74 Å². The highest BCUT2D eigenvalue weighted by molar-refractivity contribution is 6.32. The van der Waals surface area contributed by atoms with E-state index in [9.17, 15) is 0 Å². The van der Waals surface area contributed by atoms with Crippen LogP contribution in [0.1, 0.15) is 26.7 Å². The topological polar surface area (TPSA) is 21.3 Å². The zero-order valence-electron chi connectivity index (χ0n) is 10.0. The van der Waals surface area contributed by atoms with Gasteiger partial charge in [-0.1, -0.05) is 37.6 Å². The molecule has 0 aliphatic carbocycles. The average molecular weight is 242 g/mol. The van der Waals surface area contributed by atoms with Crippen LogP contribution in [0.15, 0.2) is 24.3 Å². The first-order valence-corrected chi connectivity index (χ1v) is 6.26. The third kappa shape index (κ3) is 4.42. The van der Waals surface area contributed by atoms with E-state index in [1.165, 1.54) is 0 Å². The number of hydrogen-bond donors (Lipinski definition) is 1. The summed E-state index contributed by atoms with van der Waals surface area (Å²) in [6.07, 6.45) is 2.31. The van der Waals surface area contributed by atoms with Crippen molar-refractivity contribution in [2.75, 3.05) is 13.2 Å². The van der Waals surface area contributed by atoms with Crippen molar-refractivity contribution in [1.82, 2.24) is 5.32 Å². The van der Waals surface area contributed by atoms with Gasteiger partial charge in [-0.15, -0.1) is 0 Å². The van der Waals surface area contributed by atoms with Crippen molar-refractivity contribution >= 4 is 11.6 Å². The first kappa shape index (κ1) is 13.3. The third-order valence-electron chi connectivity index (χ3n) is 2.61. The first-order chi connectivity index (χ1) is 7.77. The molecule has 0 saturated carbocycles. The number of hydrogen-bond acceptors (Lipinski definition) is 2. The van der Waals surface area contributed by atoms with Crippen molar-refractivity contribution in [1.29, 1.82) is 0 Å². The Kier molecular flexibility index (Phi) is 6.27. The minimum absolute atomic E-state index is 0.592. The Labute approximate surface area is 103 Å². The molecule has 0 fully saturated rings. The SMILES string of the molecule is CCC(CC)NCCOc1ccccc1Cl. The Balaban J connectivity index is 2.23. The van der Waals surface area contributed by atoms with Gasteiger partial charge >= 0.3 is 0 Å². The maximum atomic E-state index is 5.97. The summed E-state index contributed by atoms with van der Waals surface area (Å²) >= 11 is 5.97. The van der Waals surface area contributed by atoms with Crippen LogP contribution in [0.4, 0.5) is 0 Å². The number of rotatable bonds is 7. The van der Waals surface area contributed by atoms with Crippen LogP contribution in [0.5, 0.6) is 5.75 Å². The van der Waals surface area contributed by atoms with E-state index in [1.807, 2.05) is 24.3 Å². The highest BCUT2D eigenvalue weighted by atomic mass is 35.5. The second-order valence-electron chi connectivity index (χ2n) is 3.75. The Morgan fingerprint density at radius 3 is 2.56 bits per heavy atom. The van der Waals surface area contributed by atoms with E-state index >= 15 is 0 Å². The van der Waals surface area contributed by atoms with Gasteiger partial charge in [0.1, 0.15) is 12.4 Å². The molecule has 0 atom stereocenters. The van der Waals surface area contributed by atoms with E-state index in [1.54, 1.807) is 0 Å². The first-order valence-electron chi connectivity index (χ1n) is 5.88. The monoisotopic (exact) mass is 241 g/mol. The van der Waals surface area contributed by atoms with Gasteiger partial charge in [0.05, 0.1) is 5.02 Å². The second-order valence-corrected chi connectivity index (χ2v) is 4.15. The number of nitrogens with one attached hydrogen (secondary N) is 1. The van der Waals surface area contributed by atoms with E-state index in [2.05, 4.69) is 19.2 Å². The van der Waals surface area contributed by atoms with Crippen molar-refractivity contribution in [3.05, 3.63) is 29.3 Å². The number of benzene rings is 1. The molecule has 1 N–H and O–H groups in total. The number of ether oxygens (including phenoxy) is 1. The van der Waals surface area contributed by atoms with Gasteiger partial charge < -0.3 is 10.1 Å². The molecular formula is C13H20ClNO. The normalized spacial score (nSPS) is 10.8. The van der Waals surface area contributed by atoms with Gasteiger partial charge in [-0.3, -0.25) is 0 Å². The van der Waals surface area contributed by atoms with E-state index < -0.39 is 0 Å². The van der Waals surface area contributed by atoms with Crippen LogP contribution in [0, 0.1) is 0 Å². The molecule has 0 radical (unpaired) electrons. The summed E-state index contributed by atoms with van der Waals surface area (Å²) in [5, 5.41) is 4.11. The summed E-state index contributed by atoms with van der Waals surface area (Å²) in [5.74, 6) is 0.760. The van der Waals surface area contributed by atoms with Gasteiger partial charge in [-0.2, -0.15) is 0 Å². The van der Waals surface area contributed by atoms with Crippen LogP contribution < -0.4 is 10.1 Å². The lowest BCUT2D eigenvalue weighted by atomic mass is 10.2. The Morgan fingerprint density at radius 1 is 1.25 bits per heavy atom. The highest BCUT2D eigenvalue weighted by Crippen LogP contribution is 2.22. The molecule has 1 rings (SSSR count). The quantitative estimate of drug-likeness (QED) is 0.738. The Hall–Kier alpha value is -0.730. The summed E-state index contributed by atoms with van der Waals surface area (Å²) in [4.78, 5) is 0. The Morgan fingerprint density at radius 2 is 1.94 bits per heavy atom. The van der Waals surface area contributed by atoms with Crippen LogP contribution in [0.3, 0.4) is 0 Å². The molecular weight excluding hydrogens is 222 g/mol. The van der Waals surface area contributed by atoms with Crippen LogP contribution in [0.25, 0.3) is 0 Å². The average Bonchev–Trinajstić information content (AvgIpc) is 2.31. The van der Waals surface area contributed by atoms with Crippen molar-refractivity contribution in [2.24, 2.45) is 0 Å². The summed E-state index contributed by atoms with van der Waals surface area (Å²) in [6, 6.07) is 8.15. The summed E-state index contributed by atoms with van der Waals surface area (Å²) in [5.41, 5.74) is 0. The van der Waals surface area contributed by atoms with Crippen molar-refractivity contribution in [3.8, 4) is 5.75 Å².